The lowest BCUT2D eigenvalue weighted by molar-refractivity contribution is 0.0660. The molecule has 1 unspecified atom stereocenters. The Morgan fingerprint density at radius 2 is 2.31 bits per heavy atom. The van der Waals surface area contributed by atoms with Crippen LogP contribution in [0.1, 0.15) is 23.2 Å². The van der Waals surface area contributed by atoms with Crippen molar-refractivity contribution in [2.24, 2.45) is 0 Å². The van der Waals surface area contributed by atoms with Crippen molar-refractivity contribution in [1.82, 2.24) is 5.32 Å². The molecule has 16 heavy (non-hydrogen) atoms. The number of carboxylic acids is 1. The van der Waals surface area contributed by atoms with E-state index in [2.05, 4.69) is 5.32 Å². The summed E-state index contributed by atoms with van der Waals surface area (Å²) in [5.41, 5.74) is 0. The number of hydrogen-bond acceptors (Lipinski definition) is 4. The van der Waals surface area contributed by atoms with Gasteiger partial charge in [-0.05, 0) is 12.1 Å². The molecule has 1 aromatic heterocycles. The fourth-order valence-corrected chi connectivity index (χ4v) is 1.79. The smallest absolute Gasteiger partial charge is 0.371 e. The van der Waals surface area contributed by atoms with Gasteiger partial charge in [0.15, 0.2) is 0 Å². The predicted octanol–water partition coefficient (Wildman–Crippen LogP) is 0.836. The molecule has 0 aliphatic carbocycles. The van der Waals surface area contributed by atoms with Gasteiger partial charge in [-0.25, -0.2) is 4.79 Å². The Morgan fingerprint density at radius 3 is 2.88 bits per heavy atom. The molecule has 1 rings (SSSR count). The van der Waals surface area contributed by atoms with Crippen LogP contribution in [0.5, 0.6) is 0 Å². The minimum atomic E-state index is -1.07. The van der Waals surface area contributed by atoms with E-state index < -0.39 is 16.8 Å². The molecule has 6 heteroatoms. The maximum atomic E-state index is 11.1. The van der Waals surface area contributed by atoms with E-state index in [1.165, 1.54) is 6.07 Å². The van der Waals surface area contributed by atoms with Crippen molar-refractivity contribution >= 4 is 16.8 Å². The summed E-state index contributed by atoms with van der Waals surface area (Å²) in [7, 11) is -0.774. The number of rotatable bonds is 7. The van der Waals surface area contributed by atoms with Crippen LogP contribution in [-0.4, -0.2) is 33.3 Å². The van der Waals surface area contributed by atoms with Gasteiger partial charge >= 0.3 is 5.97 Å². The fraction of sp³-hybridized carbons (Fsp3) is 0.500. The van der Waals surface area contributed by atoms with E-state index in [1.807, 2.05) is 6.92 Å². The average Bonchev–Trinajstić information content (AvgIpc) is 2.72. The molecule has 0 fully saturated rings. The monoisotopic (exact) mass is 245 g/mol. The zero-order chi connectivity index (χ0) is 12.0. The van der Waals surface area contributed by atoms with Gasteiger partial charge in [0, 0.05) is 28.9 Å². The van der Waals surface area contributed by atoms with E-state index in [4.69, 9.17) is 9.52 Å². The van der Waals surface area contributed by atoms with Crippen LogP contribution in [0, 0.1) is 0 Å². The molecule has 0 aromatic carbocycles. The van der Waals surface area contributed by atoms with Crippen molar-refractivity contribution < 1.29 is 18.5 Å². The maximum absolute atomic E-state index is 11.1. The second-order valence-corrected chi connectivity index (χ2v) is 5.05. The van der Waals surface area contributed by atoms with E-state index in [1.54, 1.807) is 6.07 Å². The molecular formula is C10H15NO4S. The largest absolute Gasteiger partial charge is 0.475 e. The number of aromatic carboxylic acids is 1. The van der Waals surface area contributed by atoms with Gasteiger partial charge < -0.3 is 14.8 Å². The quantitative estimate of drug-likeness (QED) is 0.696. The highest BCUT2D eigenvalue weighted by Crippen LogP contribution is 2.06. The van der Waals surface area contributed by atoms with Crippen molar-refractivity contribution in [2.45, 2.75) is 13.5 Å². The third kappa shape index (κ3) is 4.16. The van der Waals surface area contributed by atoms with Crippen LogP contribution in [0.4, 0.5) is 0 Å². The summed E-state index contributed by atoms with van der Waals surface area (Å²) in [6.45, 7) is 2.96. The summed E-state index contributed by atoms with van der Waals surface area (Å²) in [5, 5.41) is 11.7. The van der Waals surface area contributed by atoms with Crippen LogP contribution in [0.25, 0.3) is 0 Å². The Bertz CT molecular complexity index is 375. The first-order valence-corrected chi connectivity index (χ1v) is 6.50. The summed E-state index contributed by atoms with van der Waals surface area (Å²) in [4.78, 5) is 10.5. The molecule has 0 saturated heterocycles. The van der Waals surface area contributed by atoms with E-state index in [9.17, 15) is 9.00 Å². The maximum Gasteiger partial charge on any atom is 0.371 e. The van der Waals surface area contributed by atoms with Crippen molar-refractivity contribution in [3.63, 3.8) is 0 Å². The van der Waals surface area contributed by atoms with Crippen molar-refractivity contribution in [3.05, 3.63) is 23.7 Å². The zero-order valence-electron chi connectivity index (χ0n) is 9.06. The van der Waals surface area contributed by atoms with Crippen LogP contribution in [0.3, 0.4) is 0 Å². The van der Waals surface area contributed by atoms with Crippen molar-refractivity contribution in [3.8, 4) is 0 Å². The Morgan fingerprint density at radius 1 is 1.56 bits per heavy atom. The van der Waals surface area contributed by atoms with Crippen LogP contribution in [0.15, 0.2) is 16.5 Å². The summed E-state index contributed by atoms with van der Waals surface area (Å²) in [6, 6.07) is 3.04. The molecule has 5 nitrogen and oxygen atoms in total. The summed E-state index contributed by atoms with van der Waals surface area (Å²) in [6.07, 6.45) is 0. The number of furan rings is 1. The van der Waals surface area contributed by atoms with E-state index in [0.29, 0.717) is 30.4 Å². The molecule has 1 atom stereocenters. The number of carboxylic acid groups (broad SMARTS) is 1. The number of carbonyl (C=O) groups is 1. The fourth-order valence-electron chi connectivity index (χ4n) is 1.13. The van der Waals surface area contributed by atoms with E-state index in [-0.39, 0.29) is 5.76 Å². The Hall–Kier alpha value is -1.14. The van der Waals surface area contributed by atoms with Gasteiger partial charge in [-0.15, -0.1) is 0 Å². The number of nitrogens with one attached hydrogen (secondary N) is 1. The van der Waals surface area contributed by atoms with Crippen LogP contribution in [0.2, 0.25) is 0 Å². The lowest BCUT2D eigenvalue weighted by Crippen LogP contribution is -2.20. The van der Waals surface area contributed by atoms with Gasteiger partial charge in [0.25, 0.3) is 0 Å². The van der Waals surface area contributed by atoms with Gasteiger partial charge in [-0.3, -0.25) is 4.21 Å². The van der Waals surface area contributed by atoms with Crippen LogP contribution >= 0.6 is 0 Å². The highest BCUT2D eigenvalue weighted by atomic mass is 32.2. The second-order valence-electron chi connectivity index (χ2n) is 3.18. The first-order chi connectivity index (χ1) is 7.63. The summed E-state index contributed by atoms with van der Waals surface area (Å²) in [5.74, 6) is 0.696. The van der Waals surface area contributed by atoms with Gasteiger partial charge in [-0.1, -0.05) is 6.92 Å². The average molecular weight is 245 g/mol. The normalized spacial score (nSPS) is 12.6. The molecule has 90 valence electrons. The first-order valence-electron chi connectivity index (χ1n) is 5.01. The molecule has 0 saturated carbocycles. The molecule has 0 radical (unpaired) electrons. The van der Waals surface area contributed by atoms with Crippen molar-refractivity contribution in [2.75, 3.05) is 18.1 Å². The van der Waals surface area contributed by atoms with E-state index in [0.717, 1.165) is 0 Å². The Kier molecular flexibility index (Phi) is 5.21. The standard InChI is InChI=1S/C10H15NO4S/c1-2-16(14)6-5-11-7-8-3-4-9(15-8)10(12)13/h3-4,11H,2,5-7H2,1H3,(H,12,13). The van der Waals surface area contributed by atoms with Gasteiger partial charge in [-0.2, -0.15) is 0 Å². The van der Waals surface area contributed by atoms with Gasteiger partial charge in [0.2, 0.25) is 5.76 Å². The minimum absolute atomic E-state index is 0.0612. The summed E-state index contributed by atoms with van der Waals surface area (Å²) >= 11 is 0. The Balaban J connectivity index is 2.27. The van der Waals surface area contributed by atoms with Gasteiger partial charge in [0.1, 0.15) is 5.76 Å². The van der Waals surface area contributed by atoms with E-state index >= 15 is 0 Å². The highest BCUT2D eigenvalue weighted by molar-refractivity contribution is 7.84. The topological polar surface area (TPSA) is 79.5 Å². The summed E-state index contributed by atoms with van der Waals surface area (Å²) < 4.78 is 16.1. The lowest BCUT2D eigenvalue weighted by Gasteiger charge is -2.01. The molecule has 1 heterocycles. The highest BCUT2D eigenvalue weighted by Gasteiger charge is 2.08. The molecule has 0 spiro atoms. The van der Waals surface area contributed by atoms with Crippen molar-refractivity contribution in [1.29, 1.82) is 0 Å². The molecule has 0 bridgehead atoms. The first kappa shape index (κ1) is 12.9. The van der Waals surface area contributed by atoms with Crippen LogP contribution in [-0.2, 0) is 17.3 Å². The zero-order valence-corrected chi connectivity index (χ0v) is 9.88. The number of hydrogen-bond donors (Lipinski definition) is 2. The second kappa shape index (κ2) is 6.44. The molecule has 0 aliphatic rings. The molecule has 0 aliphatic heterocycles. The minimum Gasteiger partial charge on any atom is -0.475 e. The molecule has 1 aromatic rings. The predicted molar refractivity (Wildman–Crippen MR) is 60.9 cm³/mol. The van der Waals surface area contributed by atoms with Gasteiger partial charge in [0.05, 0.1) is 6.54 Å². The molecule has 2 N–H and O–H groups in total. The third-order valence-corrected chi connectivity index (χ3v) is 3.30. The SMILES string of the molecule is CCS(=O)CCNCc1ccc(C(=O)O)o1. The van der Waals surface area contributed by atoms with Crippen LogP contribution < -0.4 is 5.32 Å². The Labute approximate surface area is 96.3 Å². The lowest BCUT2D eigenvalue weighted by atomic mass is 10.4. The molecule has 0 amide bonds. The molecular weight excluding hydrogens is 230 g/mol. The third-order valence-electron chi connectivity index (χ3n) is 2.00.